The number of nitrogens with one attached hydrogen (secondary N) is 1. The van der Waals surface area contributed by atoms with E-state index in [0.717, 1.165) is 5.56 Å². The average Bonchev–Trinajstić information content (AvgIpc) is 2.99. The molecule has 0 aromatic heterocycles. The lowest BCUT2D eigenvalue weighted by molar-refractivity contribution is 0.244. The molecule has 74 valence electrons. The molecule has 1 aromatic carbocycles. The molecule has 3 N–H and O–H groups in total. The molecule has 1 fully saturated rings. The second kappa shape index (κ2) is 3.70. The minimum atomic E-state index is -0.439. The predicted octanol–water partition coefficient (Wildman–Crippen LogP) is 1.81. The average molecular weight is 190 g/mol. The molecule has 14 heavy (non-hydrogen) atoms. The summed E-state index contributed by atoms with van der Waals surface area (Å²) in [7, 11) is 0. The highest BCUT2D eigenvalue weighted by Crippen LogP contribution is 2.40. The summed E-state index contributed by atoms with van der Waals surface area (Å²) in [5.41, 5.74) is 6.29. The maximum atomic E-state index is 10.8. The third kappa shape index (κ3) is 2.05. The Hall–Kier alpha value is -1.51. The van der Waals surface area contributed by atoms with Crippen molar-refractivity contribution in [3.63, 3.8) is 0 Å². The van der Waals surface area contributed by atoms with Gasteiger partial charge >= 0.3 is 6.03 Å². The largest absolute Gasteiger partial charge is 0.352 e. The van der Waals surface area contributed by atoms with Gasteiger partial charge in [-0.25, -0.2) is 4.79 Å². The maximum absolute atomic E-state index is 10.8. The van der Waals surface area contributed by atoms with Crippen LogP contribution in [-0.2, 0) is 0 Å². The second-order valence-electron chi connectivity index (χ2n) is 3.73. The Bertz CT molecular complexity index is 319. The number of rotatable bonds is 3. The Kier molecular flexibility index (Phi) is 2.39. The van der Waals surface area contributed by atoms with E-state index in [9.17, 15) is 4.79 Å². The van der Waals surface area contributed by atoms with E-state index in [0.29, 0.717) is 5.92 Å². The van der Waals surface area contributed by atoms with Gasteiger partial charge in [0.2, 0.25) is 0 Å². The highest BCUT2D eigenvalue weighted by molar-refractivity contribution is 5.72. The van der Waals surface area contributed by atoms with E-state index >= 15 is 0 Å². The van der Waals surface area contributed by atoms with E-state index in [4.69, 9.17) is 5.73 Å². The van der Waals surface area contributed by atoms with Gasteiger partial charge in [0.25, 0.3) is 0 Å². The zero-order chi connectivity index (χ0) is 9.97. The fourth-order valence-corrected chi connectivity index (χ4v) is 1.72. The van der Waals surface area contributed by atoms with E-state index in [1.165, 1.54) is 12.8 Å². The first kappa shape index (κ1) is 9.06. The molecule has 0 spiro atoms. The minimum absolute atomic E-state index is 0.105. The third-order valence-electron chi connectivity index (χ3n) is 2.55. The molecule has 1 atom stereocenters. The molecule has 1 saturated carbocycles. The van der Waals surface area contributed by atoms with Crippen LogP contribution in [0.1, 0.15) is 24.4 Å². The normalized spacial score (nSPS) is 17.4. The van der Waals surface area contributed by atoms with Crippen molar-refractivity contribution in [2.24, 2.45) is 11.7 Å². The molecule has 3 heteroatoms. The number of benzene rings is 1. The van der Waals surface area contributed by atoms with Crippen molar-refractivity contribution in [2.45, 2.75) is 18.9 Å². The van der Waals surface area contributed by atoms with Gasteiger partial charge < -0.3 is 11.1 Å². The number of carbonyl (C=O) groups excluding carboxylic acids is 1. The third-order valence-corrected chi connectivity index (χ3v) is 2.55. The van der Waals surface area contributed by atoms with E-state index in [-0.39, 0.29) is 6.04 Å². The molecule has 0 heterocycles. The summed E-state index contributed by atoms with van der Waals surface area (Å²) < 4.78 is 0. The van der Waals surface area contributed by atoms with Crippen LogP contribution in [0.15, 0.2) is 30.3 Å². The Labute approximate surface area is 83.3 Å². The van der Waals surface area contributed by atoms with Gasteiger partial charge in [-0.1, -0.05) is 30.3 Å². The number of hydrogen-bond acceptors (Lipinski definition) is 1. The standard InChI is InChI=1S/C11H14N2O/c12-11(14)13-10(9-6-7-9)8-4-2-1-3-5-8/h1-5,9-10H,6-7H2,(H3,12,13,14). The number of primary amides is 1. The summed E-state index contributed by atoms with van der Waals surface area (Å²) in [6.45, 7) is 0. The van der Waals surface area contributed by atoms with Crippen LogP contribution in [0, 0.1) is 5.92 Å². The molecular weight excluding hydrogens is 176 g/mol. The number of carbonyl (C=O) groups is 1. The Morgan fingerprint density at radius 2 is 2.00 bits per heavy atom. The van der Waals surface area contributed by atoms with Crippen LogP contribution in [0.5, 0.6) is 0 Å². The summed E-state index contributed by atoms with van der Waals surface area (Å²) in [5.74, 6) is 0.574. The number of urea groups is 1. The zero-order valence-electron chi connectivity index (χ0n) is 7.94. The van der Waals surface area contributed by atoms with Gasteiger partial charge in [-0.2, -0.15) is 0 Å². The van der Waals surface area contributed by atoms with Gasteiger partial charge in [0.1, 0.15) is 0 Å². The summed E-state index contributed by atoms with van der Waals surface area (Å²) in [5, 5.41) is 2.80. The molecule has 0 bridgehead atoms. The van der Waals surface area contributed by atoms with E-state index in [1.54, 1.807) is 0 Å². The second-order valence-corrected chi connectivity index (χ2v) is 3.73. The fourth-order valence-electron chi connectivity index (χ4n) is 1.72. The molecule has 1 aromatic rings. The van der Waals surface area contributed by atoms with Crippen LogP contribution in [0.25, 0.3) is 0 Å². The number of amides is 2. The van der Waals surface area contributed by atoms with Crippen molar-refractivity contribution < 1.29 is 4.79 Å². The zero-order valence-corrected chi connectivity index (χ0v) is 7.94. The van der Waals surface area contributed by atoms with Crippen LogP contribution in [0.3, 0.4) is 0 Å². The maximum Gasteiger partial charge on any atom is 0.312 e. The predicted molar refractivity (Wildman–Crippen MR) is 54.6 cm³/mol. The highest BCUT2D eigenvalue weighted by Gasteiger charge is 2.32. The lowest BCUT2D eigenvalue weighted by Gasteiger charge is -2.16. The van der Waals surface area contributed by atoms with Crippen LogP contribution >= 0.6 is 0 Å². The van der Waals surface area contributed by atoms with Gasteiger partial charge in [-0.05, 0) is 24.3 Å². The first-order valence-electron chi connectivity index (χ1n) is 4.88. The van der Waals surface area contributed by atoms with Gasteiger partial charge in [0.15, 0.2) is 0 Å². The number of hydrogen-bond donors (Lipinski definition) is 2. The summed E-state index contributed by atoms with van der Waals surface area (Å²) >= 11 is 0. The van der Waals surface area contributed by atoms with Crippen LogP contribution in [-0.4, -0.2) is 6.03 Å². The van der Waals surface area contributed by atoms with Gasteiger partial charge in [0.05, 0.1) is 6.04 Å². The van der Waals surface area contributed by atoms with Crippen LogP contribution in [0.4, 0.5) is 4.79 Å². The minimum Gasteiger partial charge on any atom is -0.352 e. The Morgan fingerprint density at radius 3 is 2.50 bits per heavy atom. The van der Waals surface area contributed by atoms with Crippen molar-refractivity contribution in [3.8, 4) is 0 Å². The molecular formula is C11H14N2O. The van der Waals surface area contributed by atoms with Gasteiger partial charge in [-0.3, -0.25) is 0 Å². The molecule has 0 radical (unpaired) electrons. The monoisotopic (exact) mass is 190 g/mol. The van der Waals surface area contributed by atoms with E-state index in [1.807, 2.05) is 30.3 Å². The van der Waals surface area contributed by atoms with Crippen LogP contribution < -0.4 is 11.1 Å². The van der Waals surface area contributed by atoms with Crippen molar-refractivity contribution >= 4 is 6.03 Å². The van der Waals surface area contributed by atoms with E-state index in [2.05, 4.69) is 5.32 Å². The molecule has 2 rings (SSSR count). The first-order valence-corrected chi connectivity index (χ1v) is 4.88. The first-order chi connectivity index (χ1) is 6.77. The number of nitrogens with two attached hydrogens (primary N) is 1. The molecule has 0 aliphatic heterocycles. The lowest BCUT2D eigenvalue weighted by Crippen LogP contribution is -2.34. The fraction of sp³-hybridized carbons (Fsp3) is 0.364. The Morgan fingerprint density at radius 1 is 1.36 bits per heavy atom. The Balaban J connectivity index is 2.14. The van der Waals surface area contributed by atoms with Gasteiger partial charge in [-0.15, -0.1) is 0 Å². The summed E-state index contributed by atoms with van der Waals surface area (Å²) in [4.78, 5) is 10.8. The van der Waals surface area contributed by atoms with E-state index < -0.39 is 6.03 Å². The summed E-state index contributed by atoms with van der Waals surface area (Å²) in [6.07, 6.45) is 2.36. The molecule has 0 saturated heterocycles. The van der Waals surface area contributed by atoms with Gasteiger partial charge in [0, 0.05) is 0 Å². The molecule has 1 aliphatic rings. The van der Waals surface area contributed by atoms with Crippen molar-refractivity contribution in [3.05, 3.63) is 35.9 Å². The van der Waals surface area contributed by atoms with Crippen LogP contribution in [0.2, 0.25) is 0 Å². The molecule has 2 amide bonds. The smallest absolute Gasteiger partial charge is 0.312 e. The SMILES string of the molecule is NC(=O)NC(c1ccccc1)C1CC1. The highest BCUT2D eigenvalue weighted by atomic mass is 16.2. The molecule has 1 unspecified atom stereocenters. The summed E-state index contributed by atoms with van der Waals surface area (Å²) in [6, 6.07) is 9.65. The quantitative estimate of drug-likeness (QED) is 0.750. The topological polar surface area (TPSA) is 55.1 Å². The van der Waals surface area contributed by atoms with Crippen molar-refractivity contribution in [2.75, 3.05) is 0 Å². The molecule has 1 aliphatic carbocycles. The molecule has 3 nitrogen and oxygen atoms in total. The lowest BCUT2D eigenvalue weighted by atomic mass is 10.0. The van der Waals surface area contributed by atoms with Crippen molar-refractivity contribution in [1.82, 2.24) is 5.32 Å². The van der Waals surface area contributed by atoms with Crippen molar-refractivity contribution in [1.29, 1.82) is 0 Å².